The smallest absolute Gasteiger partial charge is 0.215 e. The number of pyridine rings is 1. The van der Waals surface area contributed by atoms with Gasteiger partial charge in [0.25, 0.3) is 0 Å². The van der Waals surface area contributed by atoms with Crippen molar-refractivity contribution >= 4 is 40.6 Å². The third-order valence-corrected chi connectivity index (χ3v) is 5.90. The van der Waals surface area contributed by atoms with Crippen LogP contribution < -0.4 is 10.5 Å². The molecule has 0 saturated carbocycles. The van der Waals surface area contributed by atoms with E-state index in [9.17, 15) is 0 Å². The Kier molecular flexibility index (Phi) is 3.74. The van der Waals surface area contributed by atoms with Crippen molar-refractivity contribution in [2.24, 2.45) is 0 Å². The number of nitrogens with zero attached hydrogens (tertiary/aromatic N) is 3. The lowest BCUT2D eigenvalue weighted by Gasteiger charge is -2.21. The molecule has 2 N–H and O–H groups in total. The van der Waals surface area contributed by atoms with Crippen LogP contribution in [-0.4, -0.2) is 44.2 Å². The van der Waals surface area contributed by atoms with Crippen LogP contribution in [-0.2, 0) is 6.54 Å². The zero-order valence-electron chi connectivity index (χ0n) is 10.7. The number of rotatable bonds is 3. The number of methoxy groups -OCH3 is 1. The number of hydrogen-bond donors (Lipinski definition) is 1. The van der Waals surface area contributed by atoms with E-state index < -0.39 is 0 Å². The Balaban J connectivity index is 1.94. The molecule has 0 aromatic carbocycles. The zero-order chi connectivity index (χ0) is 13.2. The maximum atomic E-state index is 6.02. The van der Waals surface area contributed by atoms with Crippen LogP contribution >= 0.6 is 23.5 Å². The Morgan fingerprint density at radius 2 is 2.32 bits per heavy atom. The summed E-state index contributed by atoms with van der Waals surface area (Å²) in [4.78, 5) is 8.82. The molecule has 1 aliphatic rings. The molecule has 1 atom stereocenters. The molecule has 0 bridgehead atoms. The van der Waals surface area contributed by atoms with Crippen molar-refractivity contribution in [3.63, 3.8) is 0 Å². The first-order valence-corrected chi connectivity index (χ1v) is 8.34. The number of anilines is 1. The molecule has 1 unspecified atom stereocenters. The predicted molar refractivity (Wildman–Crippen MR) is 82.1 cm³/mol. The molecule has 19 heavy (non-hydrogen) atoms. The minimum Gasteiger partial charge on any atom is -0.481 e. The molecule has 3 rings (SSSR count). The van der Waals surface area contributed by atoms with Gasteiger partial charge in [-0.3, -0.25) is 4.57 Å². The van der Waals surface area contributed by atoms with Gasteiger partial charge in [0.15, 0.2) is 5.65 Å². The minimum absolute atomic E-state index is 0.534. The highest BCUT2D eigenvalue weighted by Gasteiger charge is 2.18. The normalized spacial score (nSPS) is 19.7. The van der Waals surface area contributed by atoms with Crippen LogP contribution in [0.15, 0.2) is 12.1 Å². The first-order chi connectivity index (χ1) is 9.28. The lowest BCUT2D eigenvalue weighted by molar-refractivity contribution is 0.399. The third kappa shape index (κ3) is 2.62. The number of ether oxygens (including phenoxy) is 1. The van der Waals surface area contributed by atoms with Gasteiger partial charge in [-0.25, -0.2) is 4.98 Å². The van der Waals surface area contributed by atoms with Gasteiger partial charge < -0.3 is 10.5 Å². The van der Waals surface area contributed by atoms with Gasteiger partial charge >= 0.3 is 0 Å². The standard InChI is InChI=1S/C12H16N4OS2/c1-17-10-3-2-9-11(15-10)16(12(13)14-9)6-8-7-18-4-5-19-8/h2-3,8H,4-7H2,1H3,(H2,13,14). The first-order valence-electron chi connectivity index (χ1n) is 6.14. The number of nitrogens with two attached hydrogens (primary N) is 1. The van der Waals surface area contributed by atoms with Crippen LogP contribution in [0.5, 0.6) is 5.88 Å². The lowest BCUT2D eigenvalue weighted by atomic mass is 10.4. The summed E-state index contributed by atoms with van der Waals surface area (Å²) in [5.41, 5.74) is 7.66. The summed E-state index contributed by atoms with van der Waals surface area (Å²) < 4.78 is 7.18. The fourth-order valence-corrected chi connectivity index (χ4v) is 4.79. The quantitative estimate of drug-likeness (QED) is 0.933. The summed E-state index contributed by atoms with van der Waals surface area (Å²) in [7, 11) is 1.62. The van der Waals surface area contributed by atoms with E-state index in [0.717, 1.165) is 23.5 Å². The van der Waals surface area contributed by atoms with Crippen LogP contribution in [0.1, 0.15) is 0 Å². The van der Waals surface area contributed by atoms with Gasteiger partial charge in [-0.2, -0.15) is 28.5 Å². The van der Waals surface area contributed by atoms with E-state index in [1.165, 1.54) is 11.5 Å². The van der Waals surface area contributed by atoms with E-state index >= 15 is 0 Å². The summed E-state index contributed by atoms with van der Waals surface area (Å²) in [5.74, 6) is 4.74. The van der Waals surface area contributed by atoms with Gasteiger partial charge in [-0.05, 0) is 6.07 Å². The molecule has 3 heterocycles. The van der Waals surface area contributed by atoms with Gasteiger partial charge in [-0.1, -0.05) is 0 Å². The molecule has 0 amide bonds. The highest BCUT2D eigenvalue weighted by atomic mass is 32.2. The molecule has 102 valence electrons. The lowest BCUT2D eigenvalue weighted by Crippen LogP contribution is -2.21. The molecule has 1 fully saturated rings. The Morgan fingerprint density at radius 1 is 1.42 bits per heavy atom. The molecule has 0 radical (unpaired) electrons. The van der Waals surface area contributed by atoms with E-state index in [0.29, 0.717) is 17.1 Å². The largest absolute Gasteiger partial charge is 0.481 e. The number of thioether (sulfide) groups is 2. The maximum Gasteiger partial charge on any atom is 0.215 e. The first kappa shape index (κ1) is 12.9. The molecule has 5 nitrogen and oxygen atoms in total. The molecule has 7 heteroatoms. The van der Waals surface area contributed by atoms with Crippen LogP contribution in [0.4, 0.5) is 5.95 Å². The number of nitrogen functional groups attached to an aromatic ring is 1. The molecule has 0 spiro atoms. The molecule has 1 aliphatic heterocycles. The fourth-order valence-electron chi connectivity index (χ4n) is 2.14. The number of fused-ring (bicyclic) bond motifs is 1. The van der Waals surface area contributed by atoms with Crippen molar-refractivity contribution in [1.82, 2.24) is 14.5 Å². The maximum absolute atomic E-state index is 6.02. The van der Waals surface area contributed by atoms with Gasteiger partial charge in [0.05, 0.1) is 7.11 Å². The van der Waals surface area contributed by atoms with E-state index in [4.69, 9.17) is 10.5 Å². The number of hydrogen-bond acceptors (Lipinski definition) is 6. The SMILES string of the molecule is COc1ccc2nc(N)n(CC3CSCCS3)c2n1. The Hall–Kier alpha value is -1.08. The van der Waals surface area contributed by atoms with Crippen molar-refractivity contribution in [1.29, 1.82) is 0 Å². The van der Waals surface area contributed by atoms with Gasteiger partial charge in [-0.15, -0.1) is 0 Å². The highest BCUT2D eigenvalue weighted by Crippen LogP contribution is 2.27. The van der Waals surface area contributed by atoms with Crippen LogP contribution in [0.3, 0.4) is 0 Å². The van der Waals surface area contributed by atoms with Crippen LogP contribution in [0, 0.1) is 0 Å². The molecule has 1 saturated heterocycles. The van der Waals surface area contributed by atoms with Gasteiger partial charge in [0, 0.05) is 35.1 Å². The second-order valence-electron chi connectivity index (χ2n) is 4.34. The van der Waals surface area contributed by atoms with Gasteiger partial charge in [0.1, 0.15) is 5.52 Å². The number of aromatic nitrogens is 3. The Bertz CT molecular complexity index is 580. The fraction of sp³-hybridized carbons (Fsp3) is 0.500. The van der Waals surface area contributed by atoms with Crippen LogP contribution in [0.25, 0.3) is 11.2 Å². The van der Waals surface area contributed by atoms with Crippen LogP contribution in [0.2, 0.25) is 0 Å². The van der Waals surface area contributed by atoms with Crippen molar-refractivity contribution < 1.29 is 4.74 Å². The monoisotopic (exact) mass is 296 g/mol. The third-order valence-electron chi connectivity index (χ3n) is 3.08. The van der Waals surface area contributed by atoms with Gasteiger partial charge in [0.2, 0.25) is 11.8 Å². The second kappa shape index (κ2) is 5.50. The van der Waals surface area contributed by atoms with E-state index in [1.807, 2.05) is 40.2 Å². The second-order valence-corrected chi connectivity index (χ2v) is 6.90. The Morgan fingerprint density at radius 3 is 3.05 bits per heavy atom. The van der Waals surface area contributed by atoms with E-state index in [2.05, 4.69) is 9.97 Å². The van der Waals surface area contributed by atoms with Crippen molar-refractivity contribution in [2.75, 3.05) is 30.1 Å². The van der Waals surface area contributed by atoms with E-state index in [-0.39, 0.29) is 0 Å². The van der Waals surface area contributed by atoms with Crippen molar-refractivity contribution in [2.45, 2.75) is 11.8 Å². The molecule has 0 aliphatic carbocycles. The van der Waals surface area contributed by atoms with E-state index in [1.54, 1.807) is 7.11 Å². The Labute approximate surface area is 120 Å². The molecular formula is C12H16N4OS2. The highest BCUT2D eigenvalue weighted by molar-refractivity contribution is 8.06. The summed E-state index contributed by atoms with van der Waals surface area (Å²) in [6.45, 7) is 0.861. The summed E-state index contributed by atoms with van der Waals surface area (Å²) in [6, 6.07) is 3.71. The predicted octanol–water partition coefficient (Wildman–Crippen LogP) is 1.87. The van der Waals surface area contributed by atoms with Crippen molar-refractivity contribution in [3.8, 4) is 5.88 Å². The summed E-state index contributed by atoms with van der Waals surface area (Å²) in [6.07, 6.45) is 0. The average molecular weight is 296 g/mol. The molecule has 2 aromatic rings. The zero-order valence-corrected chi connectivity index (χ0v) is 12.3. The number of imidazole rings is 1. The summed E-state index contributed by atoms with van der Waals surface area (Å²) in [5, 5.41) is 0.575. The topological polar surface area (TPSA) is 66.0 Å². The summed E-state index contributed by atoms with van der Waals surface area (Å²) >= 11 is 4.01. The van der Waals surface area contributed by atoms with Crippen molar-refractivity contribution in [3.05, 3.63) is 12.1 Å². The molecular weight excluding hydrogens is 280 g/mol. The minimum atomic E-state index is 0.534. The average Bonchev–Trinajstić information content (AvgIpc) is 2.76. The molecule has 2 aromatic heterocycles.